The number of nitrogens with zero attached hydrogens (tertiary/aromatic N) is 2. The first-order chi connectivity index (χ1) is 7.54. The van der Waals surface area contributed by atoms with Gasteiger partial charge in [0, 0.05) is 25.6 Å². The Balaban J connectivity index is 2.68. The Labute approximate surface area is 94.1 Å². The molecule has 0 amide bonds. The summed E-state index contributed by atoms with van der Waals surface area (Å²) in [6, 6.07) is 3.31. The predicted molar refractivity (Wildman–Crippen MR) is 62.9 cm³/mol. The average molecular weight is 221 g/mol. The molecule has 2 N–H and O–H groups in total. The van der Waals surface area contributed by atoms with Gasteiger partial charge in [-0.2, -0.15) is 0 Å². The van der Waals surface area contributed by atoms with Gasteiger partial charge in [-0.05, 0) is 18.6 Å². The summed E-state index contributed by atoms with van der Waals surface area (Å²) in [7, 11) is 1.89. The van der Waals surface area contributed by atoms with Crippen LogP contribution in [0.1, 0.15) is 24.2 Å². The molecule has 0 saturated carbocycles. The van der Waals surface area contributed by atoms with E-state index in [2.05, 4.69) is 4.98 Å². The molecule has 0 bridgehead atoms. The van der Waals surface area contributed by atoms with Gasteiger partial charge >= 0.3 is 0 Å². The molecule has 2 aromatic rings. The SMILES string of the molecule is Cc1cc2nc(C(C)CN)n(C)c2cc1F. The van der Waals surface area contributed by atoms with Crippen LogP contribution in [-0.4, -0.2) is 16.1 Å². The van der Waals surface area contributed by atoms with Crippen molar-refractivity contribution in [3.63, 3.8) is 0 Å². The smallest absolute Gasteiger partial charge is 0.128 e. The highest BCUT2D eigenvalue weighted by Crippen LogP contribution is 2.22. The molecule has 0 saturated heterocycles. The van der Waals surface area contributed by atoms with Gasteiger partial charge in [0.05, 0.1) is 11.0 Å². The lowest BCUT2D eigenvalue weighted by Crippen LogP contribution is -2.13. The molecule has 0 aliphatic heterocycles. The van der Waals surface area contributed by atoms with Crippen LogP contribution in [0.3, 0.4) is 0 Å². The van der Waals surface area contributed by atoms with Crippen LogP contribution < -0.4 is 5.73 Å². The van der Waals surface area contributed by atoms with E-state index in [4.69, 9.17) is 5.73 Å². The van der Waals surface area contributed by atoms with Crippen LogP contribution in [0.15, 0.2) is 12.1 Å². The molecule has 0 aliphatic carbocycles. The number of aromatic nitrogens is 2. The number of aryl methyl sites for hydroxylation is 2. The molecule has 16 heavy (non-hydrogen) atoms. The summed E-state index contributed by atoms with van der Waals surface area (Å²) in [6.45, 7) is 4.30. The van der Waals surface area contributed by atoms with E-state index < -0.39 is 0 Å². The maximum atomic E-state index is 13.5. The van der Waals surface area contributed by atoms with Crippen LogP contribution in [0, 0.1) is 12.7 Å². The van der Waals surface area contributed by atoms with Crippen LogP contribution in [0.4, 0.5) is 4.39 Å². The lowest BCUT2D eigenvalue weighted by molar-refractivity contribution is 0.619. The quantitative estimate of drug-likeness (QED) is 0.843. The number of halogens is 1. The molecule has 0 spiro atoms. The Morgan fingerprint density at radius 3 is 2.81 bits per heavy atom. The first-order valence-corrected chi connectivity index (χ1v) is 5.37. The van der Waals surface area contributed by atoms with Gasteiger partial charge in [0.2, 0.25) is 0 Å². The third-order valence-electron chi connectivity index (χ3n) is 2.99. The van der Waals surface area contributed by atoms with Crippen LogP contribution in [0.2, 0.25) is 0 Å². The zero-order valence-corrected chi connectivity index (χ0v) is 9.79. The van der Waals surface area contributed by atoms with Crippen LogP contribution in [0.25, 0.3) is 11.0 Å². The van der Waals surface area contributed by atoms with E-state index in [9.17, 15) is 4.39 Å². The zero-order valence-electron chi connectivity index (χ0n) is 9.79. The lowest BCUT2D eigenvalue weighted by Gasteiger charge is -2.07. The molecule has 1 atom stereocenters. The summed E-state index contributed by atoms with van der Waals surface area (Å²) in [4.78, 5) is 4.50. The number of hydrogen-bond acceptors (Lipinski definition) is 2. The van der Waals surface area contributed by atoms with Crippen molar-refractivity contribution in [2.75, 3.05) is 6.54 Å². The van der Waals surface area contributed by atoms with Crippen molar-refractivity contribution in [3.8, 4) is 0 Å². The maximum Gasteiger partial charge on any atom is 0.128 e. The van der Waals surface area contributed by atoms with Crippen LogP contribution in [0.5, 0.6) is 0 Å². The van der Waals surface area contributed by atoms with Gasteiger partial charge in [-0.15, -0.1) is 0 Å². The molecule has 3 nitrogen and oxygen atoms in total. The monoisotopic (exact) mass is 221 g/mol. The van der Waals surface area contributed by atoms with Crippen molar-refractivity contribution in [1.82, 2.24) is 9.55 Å². The second-order valence-corrected chi connectivity index (χ2v) is 4.26. The molecule has 4 heteroatoms. The van der Waals surface area contributed by atoms with Gasteiger partial charge in [0.25, 0.3) is 0 Å². The first-order valence-electron chi connectivity index (χ1n) is 5.37. The predicted octanol–water partition coefficient (Wildman–Crippen LogP) is 2.08. The highest BCUT2D eigenvalue weighted by Gasteiger charge is 2.14. The van der Waals surface area contributed by atoms with Gasteiger partial charge in [0.15, 0.2) is 0 Å². The van der Waals surface area contributed by atoms with Gasteiger partial charge in [-0.1, -0.05) is 6.92 Å². The highest BCUT2D eigenvalue weighted by molar-refractivity contribution is 5.77. The molecule has 86 valence electrons. The number of rotatable bonds is 2. The van der Waals surface area contributed by atoms with Crippen molar-refractivity contribution >= 4 is 11.0 Å². The Bertz CT molecular complexity index is 531. The second-order valence-electron chi connectivity index (χ2n) is 4.26. The zero-order chi connectivity index (χ0) is 11.9. The number of imidazole rings is 1. The van der Waals surface area contributed by atoms with Crippen LogP contribution >= 0.6 is 0 Å². The average Bonchev–Trinajstić information content (AvgIpc) is 2.56. The number of benzene rings is 1. The minimum Gasteiger partial charge on any atom is -0.331 e. The van der Waals surface area contributed by atoms with E-state index in [0.29, 0.717) is 12.1 Å². The third kappa shape index (κ3) is 1.59. The Morgan fingerprint density at radius 2 is 2.19 bits per heavy atom. The Kier molecular flexibility index (Phi) is 2.68. The van der Waals surface area contributed by atoms with Crippen molar-refractivity contribution in [1.29, 1.82) is 0 Å². The normalized spacial score (nSPS) is 13.3. The molecule has 1 aromatic heterocycles. The maximum absolute atomic E-state index is 13.5. The van der Waals surface area contributed by atoms with Gasteiger partial charge in [-0.3, -0.25) is 0 Å². The van der Waals surface area contributed by atoms with Gasteiger partial charge < -0.3 is 10.3 Å². The Morgan fingerprint density at radius 1 is 1.50 bits per heavy atom. The van der Waals surface area contributed by atoms with E-state index in [1.165, 1.54) is 6.07 Å². The molecule has 0 fully saturated rings. The fraction of sp³-hybridized carbons (Fsp3) is 0.417. The Hall–Kier alpha value is -1.42. The number of nitrogens with two attached hydrogens (primary N) is 1. The molecular formula is C12H16FN3. The van der Waals surface area contributed by atoms with E-state index in [1.807, 2.05) is 18.5 Å². The first kappa shape index (κ1) is 11.1. The molecule has 1 unspecified atom stereocenters. The number of hydrogen-bond donors (Lipinski definition) is 1. The largest absolute Gasteiger partial charge is 0.331 e. The van der Waals surface area contributed by atoms with Gasteiger partial charge in [-0.25, -0.2) is 9.37 Å². The van der Waals surface area contributed by atoms with Crippen molar-refractivity contribution in [2.45, 2.75) is 19.8 Å². The summed E-state index contributed by atoms with van der Waals surface area (Å²) >= 11 is 0. The minimum atomic E-state index is -0.192. The topological polar surface area (TPSA) is 43.8 Å². The fourth-order valence-electron chi connectivity index (χ4n) is 1.88. The molecule has 0 aliphatic rings. The third-order valence-corrected chi connectivity index (χ3v) is 2.99. The molecule has 1 aromatic carbocycles. The van der Waals surface area contributed by atoms with Crippen molar-refractivity contribution < 1.29 is 4.39 Å². The molecular weight excluding hydrogens is 205 g/mol. The molecule has 1 heterocycles. The second kappa shape index (κ2) is 3.87. The highest BCUT2D eigenvalue weighted by atomic mass is 19.1. The lowest BCUT2D eigenvalue weighted by atomic mass is 10.2. The van der Waals surface area contributed by atoms with Gasteiger partial charge in [0.1, 0.15) is 11.6 Å². The summed E-state index contributed by atoms with van der Waals surface area (Å²) in [5.41, 5.74) is 7.90. The fourth-order valence-corrected chi connectivity index (χ4v) is 1.88. The molecule has 2 rings (SSSR count). The van der Waals surface area contributed by atoms with Crippen LogP contribution in [-0.2, 0) is 7.05 Å². The summed E-state index contributed by atoms with van der Waals surface area (Å²) in [5, 5.41) is 0. The summed E-state index contributed by atoms with van der Waals surface area (Å²) < 4.78 is 15.4. The summed E-state index contributed by atoms with van der Waals surface area (Å²) in [5.74, 6) is 0.894. The summed E-state index contributed by atoms with van der Waals surface area (Å²) in [6.07, 6.45) is 0. The standard InChI is InChI=1S/C12H16FN3/c1-7-4-10-11(5-9(7)13)16(3)12(15-10)8(2)6-14/h4-5,8H,6,14H2,1-3H3. The van der Waals surface area contributed by atoms with Crippen molar-refractivity contribution in [3.05, 3.63) is 29.3 Å². The van der Waals surface area contributed by atoms with E-state index in [-0.39, 0.29) is 11.7 Å². The van der Waals surface area contributed by atoms with E-state index >= 15 is 0 Å². The van der Waals surface area contributed by atoms with E-state index in [1.54, 1.807) is 13.0 Å². The number of fused-ring (bicyclic) bond motifs is 1. The minimum absolute atomic E-state index is 0.181. The molecule has 0 radical (unpaired) electrons. The van der Waals surface area contributed by atoms with Crippen molar-refractivity contribution in [2.24, 2.45) is 12.8 Å². The van der Waals surface area contributed by atoms with E-state index in [0.717, 1.165) is 16.9 Å².